The monoisotopic (exact) mass is 345 g/mol. The van der Waals surface area contributed by atoms with Crippen LogP contribution in [0.1, 0.15) is 36.5 Å². The molecule has 2 atom stereocenters. The third kappa shape index (κ3) is 3.80. The third-order valence-electron chi connectivity index (χ3n) is 5.64. The van der Waals surface area contributed by atoms with Crippen LogP contribution in [0.15, 0.2) is 18.3 Å². The van der Waals surface area contributed by atoms with E-state index in [0.29, 0.717) is 23.4 Å². The second-order valence-corrected chi connectivity index (χ2v) is 7.38. The van der Waals surface area contributed by atoms with Gasteiger partial charge >= 0.3 is 0 Å². The van der Waals surface area contributed by atoms with E-state index in [1.54, 1.807) is 6.20 Å². The summed E-state index contributed by atoms with van der Waals surface area (Å²) in [7, 11) is 0. The van der Waals surface area contributed by atoms with E-state index in [4.69, 9.17) is 9.47 Å². The fourth-order valence-corrected chi connectivity index (χ4v) is 3.85. The average Bonchev–Trinajstić information content (AvgIpc) is 3.41. The highest BCUT2D eigenvalue weighted by atomic mass is 16.5. The molecular weight excluding hydrogens is 318 g/mol. The van der Waals surface area contributed by atoms with Crippen LogP contribution in [0, 0.1) is 5.92 Å². The molecule has 1 aromatic rings. The number of pyridine rings is 1. The molecule has 3 fully saturated rings. The Hall–Kier alpha value is -1.66. The first kappa shape index (κ1) is 16.8. The predicted molar refractivity (Wildman–Crippen MR) is 93.8 cm³/mol. The maximum Gasteiger partial charge on any atom is 0.255 e. The molecule has 6 nitrogen and oxygen atoms in total. The van der Waals surface area contributed by atoms with Gasteiger partial charge in [-0.2, -0.15) is 0 Å². The minimum Gasteiger partial charge on any atom is -0.477 e. The lowest BCUT2D eigenvalue weighted by molar-refractivity contribution is 0.0104. The van der Waals surface area contributed by atoms with Gasteiger partial charge in [0, 0.05) is 44.0 Å². The van der Waals surface area contributed by atoms with Crippen molar-refractivity contribution < 1.29 is 14.3 Å². The number of ether oxygens (including phenoxy) is 2. The fourth-order valence-electron chi connectivity index (χ4n) is 3.85. The molecule has 6 heteroatoms. The van der Waals surface area contributed by atoms with Crippen molar-refractivity contribution in [2.75, 3.05) is 39.5 Å². The van der Waals surface area contributed by atoms with Crippen LogP contribution < -0.4 is 4.74 Å². The molecule has 2 saturated heterocycles. The lowest BCUT2D eigenvalue weighted by Crippen LogP contribution is -2.49. The molecule has 2 aliphatic heterocycles. The van der Waals surface area contributed by atoms with E-state index in [-0.39, 0.29) is 11.9 Å². The van der Waals surface area contributed by atoms with Gasteiger partial charge in [-0.15, -0.1) is 0 Å². The van der Waals surface area contributed by atoms with E-state index >= 15 is 0 Å². The van der Waals surface area contributed by atoms with Gasteiger partial charge in [0.1, 0.15) is 0 Å². The molecule has 4 rings (SSSR count). The van der Waals surface area contributed by atoms with Crippen LogP contribution >= 0.6 is 0 Å². The second-order valence-electron chi connectivity index (χ2n) is 7.38. The van der Waals surface area contributed by atoms with Crippen molar-refractivity contribution in [2.45, 2.75) is 38.3 Å². The van der Waals surface area contributed by atoms with Crippen molar-refractivity contribution in [2.24, 2.45) is 5.92 Å². The first-order valence-corrected chi connectivity index (χ1v) is 9.44. The standard InChI is InChI=1S/C19H27N3O3/c1-14-17(21-8-10-24-11-9-21)6-7-22(14)19(23)16-4-5-18(20-12-16)25-13-15-2-3-15/h4-5,12,14-15,17H,2-3,6-11,13H2,1H3/t14-,17-/m1/s1. The topological polar surface area (TPSA) is 54.9 Å². The summed E-state index contributed by atoms with van der Waals surface area (Å²) in [6.45, 7) is 7.22. The van der Waals surface area contributed by atoms with Gasteiger partial charge in [0.05, 0.1) is 25.4 Å². The van der Waals surface area contributed by atoms with Crippen LogP contribution in [-0.4, -0.2) is 72.2 Å². The highest BCUT2D eigenvalue weighted by molar-refractivity contribution is 5.94. The summed E-state index contributed by atoms with van der Waals surface area (Å²) in [6, 6.07) is 4.31. The van der Waals surface area contributed by atoms with Crippen molar-refractivity contribution in [1.29, 1.82) is 0 Å². The largest absolute Gasteiger partial charge is 0.477 e. The fraction of sp³-hybridized carbons (Fsp3) is 0.684. The van der Waals surface area contributed by atoms with Crippen LogP contribution in [0.3, 0.4) is 0 Å². The Balaban J connectivity index is 1.36. The van der Waals surface area contributed by atoms with Crippen LogP contribution in [-0.2, 0) is 4.74 Å². The number of amides is 1. The van der Waals surface area contributed by atoms with Gasteiger partial charge in [-0.3, -0.25) is 9.69 Å². The van der Waals surface area contributed by atoms with Gasteiger partial charge in [0.15, 0.2) is 0 Å². The summed E-state index contributed by atoms with van der Waals surface area (Å²) in [5.41, 5.74) is 0.647. The van der Waals surface area contributed by atoms with Crippen LogP contribution in [0.25, 0.3) is 0 Å². The number of aromatic nitrogens is 1. The lowest BCUT2D eigenvalue weighted by atomic mass is 10.1. The van der Waals surface area contributed by atoms with Gasteiger partial charge in [-0.25, -0.2) is 4.98 Å². The highest BCUT2D eigenvalue weighted by Crippen LogP contribution is 2.29. The Morgan fingerprint density at radius 3 is 2.72 bits per heavy atom. The molecule has 0 unspecified atom stereocenters. The summed E-state index contributed by atoms with van der Waals surface area (Å²) >= 11 is 0. The number of rotatable bonds is 5. The molecule has 1 saturated carbocycles. The number of morpholine rings is 1. The minimum absolute atomic E-state index is 0.0736. The zero-order valence-electron chi connectivity index (χ0n) is 14.9. The molecule has 0 bridgehead atoms. The summed E-state index contributed by atoms with van der Waals surface area (Å²) in [5.74, 6) is 1.39. The van der Waals surface area contributed by atoms with Crippen molar-refractivity contribution in [3.63, 3.8) is 0 Å². The minimum atomic E-state index is 0.0736. The van der Waals surface area contributed by atoms with E-state index in [2.05, 4.69) is 16.8 Å². The molecular formula is C19H27N3O3. The predicted octanol–water partition coefficient (Wildman–Crippen LogP) is 1.81. The van der Waals surface area contributed by atoms with Crippen LogP contribution in [0.5, 0.6) is 5.88 Å². The number of carbonyl (C=O) groups is 1. The molecule has 1 amide bonds. The van der Waals surface area contributed by atoms with E-state index in [1.807, 2.05) is 17.0 Å². The molecule has 0 radical (unpaired) electrons. The summed E-state index contributed by atoms with van der Waals surface area (Å²) in [5, 5.41) is 0. The number of hydrogen-bond donors (Lipinski definition) is 0. The normalized spacial score (nSPS) is 27.5. The molecule has 0 spiro atoms. The summed E-state index contributed by atoms with van der Waals surface area (Å²) in [4.78, 5) is 21.6. The molecule has 0 N–H and O–H groups in total. The third-order valence-corrected chi connectivity index (χ3v) is 5.64. The zero-order chi connectivity index (χ0) is 17.2. The summed E-state index contributed by atoms with van der Waals surface area (Å²) in [6.07, 6.45) is 5.20. The van der Waals surface area contributed by atoms with Gasteiger partial charge < -0.3 is 14.4 Å². The number of hydrogen-bond acceptors (Lipinski definition) is 5. The highest BCUT2D eigenvalue weighted by Gasteiger charge is 2.38. The van der Waals surface area contributed by atoms with Crippen molar-refractivity contribution in [1.82, 2.24) is 14.8 Å². The van der Waals surface area contributed by atoms with E-state index in [0.717, 1.165) is 45.9 Å². The quantitative estimate of drug-likeness (QED) is 0.815. The molecule has 136 valence electrons. The van der Waals surface area contributed by atoms with Crippen molar-refractivity contribution >= 4 is 5.91 Å². The van der Waals surface area contributed by atoms with Gasteiger partial charge in [-0.1, -0.05) is 0 Å². The van der Waals surface area contributed by atoms with Crippen molar-refractivity contribution in [3.05, 3.63) is 23.9 Å². The Morgan fingerprint density at radius 2 is 2.04 bits per heavy atom. The average molecular weight is 345 g/mol. The lowest BCUT2D eigenvalue weighted by Gasteiger charge is -2.35. The van der Waals surface area contributed by atoms with Crippen molar-refractivity contribution in [3.8, 4) is 5.88 Å². The molecule has 25 heavy (non-hydrogen) atoms. The maximum atomic E-state index is 12.9. The molecule has 1 aromatic heterocycles. The number of nitrogens with zero attached hydrogens (tertiary/aromatic N) is 3. The Labute approximate surface area is 149 Å². The smallest absolute Gasteiger partial charge is 0.255 e. The molecule has 0 aromatic carbocycles. The summed E-state index contributed by atoms with van der Waals surface area (Å²) < 4.78 is 11.1. The van der Waals surface area contributed by atoms with Crippen LogP contribution in [0.2, 0.25) is 0 Å². The maximum absolute atomic E-state index is 12.9. The number of likely N-dealkylation sites (tertiary alicyclic amines) is 1. The zero-order valence-corrected chi connectivity index (χ0v) is 14.9. The van der Waals surface area contributed by atoms with E-state index < -0.39 is 0 Å². The van der Waals surface area contributed by atoms with Gasteiger partial charge in [-0.05, 0) is 38.2 Å². The number of carbonyl (C=O) groups excluding carboxylic acids is 1. The molecule has 1 aliphatic carbocycles. The first-order chi connectivity index (χ1) is 12.2. The van der Waals surface area contributed by atoms with Gasteiger partial charge in [0.25, 0.3) is 5.91 Å². The first-order valence-electron chi connectivity index (χ1n) is 9.44. The Kier molecular flexibility index (Phi) is 4.90. The molecule has 3 aliphatic rings. The van der Waals surface area contributed by atoms with E-state index in [9.17, 15) is 4.79 Å². The van der Waals surface area contributed by atoms with Crippen LogP contribution in [0.4, 0.5) is 0 Å². The SMILES string of the molecule is C[C@@H]1[C@H](N2CCOCC2)CCN1C(=O)c1ccc(OCC2CC2)nc1. The Bertz CT molecular complexity index is 596. The second kappa shape index (κ2) is 7.30. The van der Waals surface area contributed by atoms with E-state index in [1.165, 1.54) is 12.8 Å². The van der Waals surface area contributed by atoms with Gasteiger partial charge in [0.2, 0.25) is 5.88 Å². The molecule has 3 heterocycles. The Morgan fingerprint density at radius 1 is 1.24 bits per heavy atom.